The highest BCUT2D eigenvalue weighted by Gasteiger charge is 2.55. The highest BCUT2D eigenvalue weighted by molar-refractivity contribution is 7.12. The lowest BCUT2D eigenvalue weighted by Gasteiger charge is -2.25. The van der Waals surface area contributed by atoms with Crippen LogP contribution in [0.4, 0.5) is 10.6 Å². The number of aryl methyl sites for hydroxylation is 1. The summed E-state index contributed by atoms with van der Waals surface area (Å²) in [5, 5.41) is 16.8. The maximum atomic E-state index is 12.2. The SMILES string of the molecule is CCNC(=O)Nc1ncnc2c1ncn2C1CC(CCCc2ccsc2C(=O)O)C2OC(C)(/C=C/c3ccccc3)OC21. The highest BCUT2D eigenvalue weighted by atomic mass is 32.1. The van der Waals surface area contributed by atoms with Crippen molar-refractivity contribution in [1.82, 2.24) is 24.8 Å². The van der Waals surface area contributed by atoms with Gasteiger partial charge in [0, 0.05) is 6.54 Å². The fourth-order valence-electron chi connectivity index (χ4n) is 6.16. The minimum absolute atomic E-state index is 0.116. The molecule has 3 N–H and O–H groups in total. The number of carbonyl (C=O) groups is 2. The van der Waals surface area contributed by atoms with E-state index in [9.17, 15) is 14.7 Å². The minimum Gasteiger partial charge on any atom is -0.477 e. The van der Waals surface area contributed by atoms with Crippen molar-refractivity contribution in [3.05, 3.63) is 76.5 Å². The van der Waals surface area contributed by atoms with Crippen molar-refractivity contribution in [2.24, 2.45) is 5.92 Å². The summed E-state index contributed by atoms with van der Waals surface area (Å²) < 4.78 is 15.4. The molecular weight excluding hydrogens is 568 g/mol. The van der Waals surface area contributed by atoms with Crippen molar-refractivity contribution in [1.29, 1.82) is 0 Å². The first-order valence-electron chi connectivity index (χ1n) is 14.5. The van der Waals surface area contributed by atoms with Gasteiger partial charge in [0.1, 0.15) is 17.3 Å². The molecule has 2 aliphatic rings. The lowest BCUT2D eigenvalue weighted by atomic mass is 9.96. The summed E-state index contributed by atoms with van der Waals surface area (Å²) in [4.78, 5) is 37.6. The number of carboxylic acids is 1. The van der Waals surface area contributed by atoms with Crippen LogP contribution in [-0.2, 0) is 15.9 Å². The Hall–Kier alpha value is -4.13. The Balaban J connectivity index is 1.26. The number of imidazole rings is 1. The molecule has 3 aromatic heterocycles. The van der Waals surface area contributed by atoms with Gasteiger partial charge in [-0.05, 0) is 74.1 Å². The molecule has 11 nitrogen and oxygen atoms in total. The number of amides is 2. The number of benzene rings is 1. The summed E-state index contributed by atoms with van der Waals surface area (Å²) in [5.74, 6) is -1.30. The quantitative estimate of drug-likeness (QED) is 0.215. The highest BCUT2D eigenvalue weighted by Crippen LogP contribution is 2.49. The molecule has 4 heterocycles. The molecule has 6 rings (SSSR count). The summed E-state index contributed by atoms with van der Waals surface area (Å²) in [6.07, 6.45) is 9.81. The number of fused-ring (bicyclic) bond motifs is 2. The molecule has 5 atom stereocenters. The second-order valence-corrected chi connectivity index (χ2v) is 11.9. The number of carboxylic acid groups (broad SMARTS) is 1. The Bertz CT molecular complexity index is 1640. The zero-order valence-corrected chi connectivity index (χ0v) is 24.8. The fraction of sp³-hybridized carbons (Fsp3) is 0.387. The van der Waals surface area contributed by atoms with Crippen LogP contribution in [0, 0.1) is 5.92 Å². The van der Waals surface area contributed by atoms with E-state index in [1.54, 1.807) is 6.33 Å². The molecule has 12 heteroatoms. The first kappa shape index (κ1) is 29.0. The van der Waals surface area contributed by atoms with E-state index in [1.165, 1.54) is 17.7 Å². The fourth-order valence-corrected chi connectivity index (χ4v) is 6.95. The van der Waals surface area contributed by atoms with Crippen molar-refractivity contribution in [2.75, 3.05) is 11.9 Å². The molecule has 224 valence electrons. The third-order valence-electron chi connectivity index (χ3n) is 8.08. The van der Waals surface area contributed by atoms with E-state index < -0.39 is 11.8 Å². The largest absolute Gasteiger partial charge is 0.477 e. The van der Waals surface area contributed by atoms with Crippen molar-refractivity contribution in [2.45, 2.75) is 63.6 Å². The number of rotatable bonds is 10. The summed E-state index contributed by atoms with van der Waals surface area (Å²) >= 11 is 1.26. The minimum atomic E-state index is -0.928. The molecule has 0 bridgehead atoms. The van der Waals surface area contributed by atoms with E-state index in [-0.39, 0.29) is 30.2 Å². The molecule has 0 spiro atoms. The summed E-state index contributed by atoms with van der Waals surface area (Å²) in [6, 6.07) is 11.4. The van der Waals surface area contributed by atoms with Gasteiger partial charge in [0.25, 0.3) is 0 Å². The second kappa shape index (κ2) is 12.2. The summed E-state index contributed by atoms with van der Waals surface area (Å²) in [7, 11) is 0. The number of nitrogens with one attached hydrogen (secondary N) is 2. The van der Waals surface area contributed by atoms with Gasteiger partial charge in [0.05, 0.1) is 18.5 Å². The maximum absolute atomic E-state index is 12.2. The van der Waals surface area contributed by atoms with Gasteiger partial charge in [0.2, 0.25) is 0 Å². The third kappa shape index (κ3) is 6.03. The molecule has 4 aromatic rings. The van der Waals surface area contributed by atoms with Crippen LogP contribution in [0.25, 0.3) is 17.2 Å². The van der Waals surface area contributed by atoms with Gasteiger partial charge in [-0.25, -0.2) is 24.5 Å². The predicted molar refractivity (Wildman–Crippen MR) is 163 cm³/mol. The molecule has 1 saturated carbocycles. The number of anilines is 1. The van der Waals surface area contributed by atoms with Crippen molar-refractivity contribution in [3.63, 3.8) is 0 Å². The number of urea groups is 1. The van der Waals surface area contributed by atoms with Gasteiger partial charge in [-0.15, -0.1) is 11.3 Å². The number of nitrogens with zero attached hydrogens (tertiary/aromatic N) is 4. The molecule has 43 heavy (non-hydrogen) atoms. The van der Waals surface area contributed by atoms with Gasteiger partial charge in [0.15, 0.2) is 22.8 Å². The van der Waals surface area contributed by atoms with E-state index in [0.717, 1.165) is 30.4 Å². The molecule has 2 amide bonds. The topological polar surface area (TPSA) is 140 Å². The number of carbonyl (C=O) groups excluding carboxylic acids is 1. The molecule has 1 aromatic carbocycles. The van der Waals surface area contributed by atoms with E-state index in [1.807, 2.05) is 72.3 Å². The number of ether oxygens (including phenoxy) is 2. The Morgan fingerprint density at radius 1 is 1.16 bits per heavy atom. The van der Waals surface area contributed by atoms with Crippen molar-refractivity contribution in [3.8, 4) is 0 Å². The van der Waals surface area contributed by atoms with Crippen LogP contribution in [0.5, 0.6) is 0 Å². The number of aromatic nitrogens is 4. The molecule has 1 aliphatic heterocycles. The van der Waals surface area contributed by atoms with E-state index >= 15 is 0 Å². The van der Waals surface area contributed by atoms with Gasteiger partial charge >= 0.3 is 12.0 Å². The summed E-state index contributed by atoms with van der Waals surface area (Å²) in [6.45, 7) is 4.26. The monoisotopic (exact) mass is 602 g/mol. The Labute approximate surface area is 253 Å². The van der Waals surface area contributed by atoms with Gasteiger partial charge in [-0.1, -0.05) is 36.4 Å². The predicted octanol–water partition coefficient (Wildman–Crippen LogP) is 5.52. The zero-order chi connectivity index (χ0) is 30.0. The van der Waals surface area contributed by atoms with Crippen LogP contribution < -0.4 is 10.6 Å². The van der Waals surface area contributed by atoms with Crippen LogP contribution in [0.1, 0.15) is 60.0 Å². The smallest absolute Gasteiger partial charge is 0.346 e. The van der Waals surface area contributed by atoms with E-state index in [0.29, 0.717) is 34.8 Å². The second-order valence-electron chi connectivity index (χ2n) is 11.0. The zero-order valence-electron chi connectivity index (χ0n) is 24.0. The van der Waals surface area contributed by atoms with Gasteiger partial charge in [-0.3, -0.25) is 5.32 Å². The van der Waals surface area contributed by atoms with Gasteiger partial charge < -0.3 is 24.5 Å². The molecule has 0 radical (unpaired) electrons. The first-order valence-corrected chi connectivity index (χ1v) is 15.3. The first-order chi connectivity index (χ1) is 20.8. The van der Waals surface area contributed by atoms with E-state index in [2.05, 4.69) is 25.6 Å². The van der Waals surface area contributed by atoms with Crippen molar-refractivity contribution < 1.29 is 24.2 Å². The van der Waals surface area contributed by atoms with Crippen LogP contribution in [0.3, 0.4) is 0 Å². The third-order valence-corrected chi connectivity index (χ3v) is 9.02. The average Bonchev–Trinajstić information content (AvgIpc) is 3.77. The summed E-state index contributed by atoms with van der Waals surface area (Å²) in [5.41, 5.74) is 3.02. The number of hydrogen-bond acceptors (Lipinski definition) is 8. The number of hydrogen-bond donors (Lipinski definition) is 3. The van der Waals surface area contributed by atoms with Crippen molar-refractivity contribution >= 4 is 46.4 Å². The molecule has 1 aliphatic carbocycles. The lowest BCUT2D eigenvalue weighted by molar-refractivity contribution is -0.137. The average molecular weight is 603 g/mol. The van der Waals surface area contributed by atoms with Crippen LogP contribution >= 0.6 is 11.3 Å². The Kier molecular flexibility index (Phi) is 8.24. The molecule has 5 unspecified atom stereocenters. The molecule has 2 fully saturated rings. The van der Waals surface area contributed by atoms with Crippen LogP contribution in [0.15, 0.2) is 60.5 Å². The Morgan fingerprint density at radius 3 is 2.77 bits per heavy atom. The molecule has 1 saturated heterocycles. The maximum Gasteiger partial charge on any atom is 0.346 e. The van der Waals surface area contributed by atoms with Crippen LogP contribution in [-0.4, -0.2) is 61.2 Å². The Morgan fingerprint density at radius 2 is 1.98 bits per heavy atom. The number of thiophene rings is 1. The standard InChI is InChI=1S/C31H34N6O5S/c1-3-32-30(40)36-27-23-28(34-17-33-27)37(18-35-23)22-16-21(11-7-10-20-13-15-43-26(20)29(38)39)24-25(22)42-31(2,41-24)14-12-19-8-5-4-6-9-19/h4-6,8-9,12-15,17-18,21-22,24-25H,3,7,10-11,16H2,1-2H3,(H,38,39)(H2,32,33,34,36,40)/b14-12+. The van der Waals surface area contributed by atoms with Gasteiger partial charge in [-0.2, -0.15) is 0 Å². The van der Waals surface area contributed by atoms with Crippen LogP contribution in [0.2, 0.25) is 0 Å². The number of aromatic carboxylic acids is 1. The molecular formula is C31H34N6O5S. The lowest BCUT2D eigenvalue weighted by Crippen LogP contribution is -2.29. The van der Waals surface area contributed by atoms with E-state index in [4.69, 9.17) is 9.47 Å². The normalized spacial score (nSPS) is 24.9.